The van der Waals surface area contributed by atoms with E-state index in [1.54, 1.807) is 30.9 Å². The molecule has 1 aromatic heterocycles. The molecule has 1 aromatic carbocycles. The van der Waals surface area contributed by atoms with Crippen molar-refractivity contribution in [3.8, 4) is 0 Å². The highest BCUT2D eigenvalue weighted by Crippen LogP contribution is 2.23. The molecule has 3 rings (SSSR count). The molecule has 1 fully saturated rings. The average molecular weight is 376 g/mol. The number of aryl methyl sites for hydroxylation is 2. The van der Waals surface area contributed by atoms with Crippen molar-refractivity contribution in [1.82, 2.24) is 25.0 Å². The first-order valence-corrected chi connectivity index (χ1v) is 8.72. The fraction of sp³-hybridized carbons (Fsp3) is 0.429. The zero-order valence-corrected chi connectivity index (χ0v) is 14.9. The minimum absolute atomic E-state index is 0. The molecule has 0 amide bonds. The molecule has 0 saturated carbocycles. The number of aromatic nitrogens is 3. The molecular formula is C14H19ClFN5O2S. The van der Waals surface area contributed by atoms with Gasteiger partial charge in [0.05, 0.1) is 23.2 Å². The topological polar surface area (TPSA) is 88.9 Å². The highest BCUT2D eigenvalue weighted by Gasteiger charge is 2.34. The third kappa shape index (κ3) is 3.59. The summed E-state index contributed by atoms with van der Waals surface area (Å²) < 4.78 is 43.3. The molecule has 0 spiro atoms. The Bertz CT molecular complexity index is 790. The summed E-state index contributed by atoms with van der Waals surface area (Å²) in [5.41, 5.74) is 0.775. The Morgan fingerprint density at radius 3 is 2.54 bits per heavy atom. The monoisotopic (exact) mass is 375 g/mol. The molecule has 2 heterocycles. The van der Waals surface area contributed by atoms with Gasteiger partial charge in [-0.25, -0.2) is 22.2 Å². The van der Waals surface area contributed by atoms with Crippen LogP contribution in [0.2, 0.25) is 0 Å². The lowest BCUT2D eigenvalue weighted by molar-refractivity contribution is 0.413. The SMILES string of the molecule is Cc1cc(F)cc(C)c1S(=O)(=O)N[C@@H]1CNC[C@@H]1n1ccnn1.Cl. The highest BCUT2D eigenvalue weighted by atomic mass is 35.5. The summed E-state index contributed by atoms with van der Waals surface area (Å²) in [5, 5.41) is 10.8. The van der Waals surface area contributed by atoms with E-state index in [0.717, 1.165) is 0 Å². The lowest BCUT2D eigenvalue weighted by atomic mass is 10.1. The Balaban J connectivity index is 0.00000208. The number of benzene rings is 1. The Labute approximate surface area is 146 Å². The second-order valence-corrected chi connectivity index (χ2v) is 7.36. The molecule has 1 saturated heterocycles. The predicted molar refractivity (Wildman–Crippen MR) is 89.2 cm³/mol. The quantitative estimate of drug-likeness (QED) is 0.830. The standard InChI is InChI=1S/C14H18FN5O2S.ClH/c1-9-5-11(15)6-10(2)14(9)23(21,22)18-12-7-16-8-13(12)20-4-3-17-19-20;/h3-6,12-13,16,18H,7-8H2,1-2H3;1H/t12-,13+;/m1./s1. The van der Waals surface area contributed by atoms with Crippen LogP contribution in [0.3, 0.4) is 0 Å². The van der Waals surface area contributed by atoms with Crippen molar-refractivity contribution >= 4 is 22.4 Å². The van der Waals surface area contributed by atoms with E-state index >= 15 is 0 Å². The van der Waals surface area contributed by atoms with Gasteiger partial charge in [-0.15, -0.1) is 17.5 Å². The average Bonchev–Trinajstić information content (AvgIpc) is 3.06. The lowest BCUT2D eigenvalue weighted by Crippen LogP contribution is -2.41. The van der Waals surface area contributed by atoms with Crippen LogP contribution >= 0.6 is 12.4 Å². The van der Waals surface area contributed by atoms with E-state index in [-0.39, 0.29) is 29.4 Å². The first-order valence-electron chi connectivity index (χ1n) is 7.24. The molecule has 0 aliphatic carbocycles. The largest absolute Gasteiger partial charge is 0.313 e. The molecule has 0 unspecified atom stereocenters. The minimum Gasteiger partial charge on any atom is -0.313 e. The third-order valence-corrected chi connectivity index (χ3v) is 5.76. The minimum atomic E-state index is -3.76. The fourth-order valence-electron chi connectivity index (χ4n) is 3.04. The molecule has 2 aromatic rings. The maximum atomic E-state index is 13.4. The van der Waals surface area contributed by atoms with Crippen molar-refractivity contribution in [2.75, 3.05) is 13.1 Å². The van der Waals surface area contributed by atoms with Crippen LogP contribution in [-0.4, -0.2) is 42.5 Å². The van der Waals surface area contributed by atoms with E-state index in [9.17, 15) is 12.8 Å². The van der Waals surface area contributed by atoms with Gasteiger partial charge in [0, 0.05) is 19.3 Å². The van der Waals surface area contributed by atoms with E-state index in [1.165, 1.54) is 12.1 Å². The predicted octanol–water partition coefficient (Wildman–Crippen LogP) is 0.947. The number of sulfonamides is 1. The smallest absolute Gasteiger partial charge is 0.241 e. The molecule has 0 bridgehead atoms. The summed E-state index contributed by atoms with van der Waals surface area (Å²) in [7, 11) is -3.76. The number of hydrogen-bond donors (Lipinski definition) is 2. The first kappa shape index (κ1) is 18.8. The van der Waals surface area contributed by atoms with Crippen LogP contribution < -0.4 is 10.0 Å². The van der Waals surface area contributed by atoms with E-state index in [2.05, 4.69) is 20.4 Å². The summed E-state index contributed by atoms with van der Waals surface area (Å²) in [6.07, 6.45) is 3.26. The van der Waals surface area contributed by atoms with Crippen molar-refractivity contribution < 1.29 is 12.8 Å². The van der Waals surface area contributed by atoms with Crippen molar-refractivity contribution in [3.05, 3.63) is 41.5 Å². The number of nitrogens with zero attached hydrogens (tertiary/aromatic N) is 3. The second kappa shape index (κ2) is 7.14. The molecule has 2 N–H and O–H groups in total. The fourth-order valence-corrected chi connectivity index (χ4v) is 4.76. The maximum Gasteiger partial charge on any atom is 0.241 e. The van der Waals surface area contributed by atoms with Gasteiger partial charge < -0.3 is 5.32 Å². The van der Waals surface area contributed by atoms with Crippen molar-refractivity contribution in [2.24, 2.45) is 0 Å². The molecule has 132 valence electrons. The summed E-state index contributed by atoms with van der Waals surface area (Å²) in [6, 6.07) is 1.94. The summed E-state index contributed by atoms with van der Waals surface area (Å²) in [4.78, 5) is 0.128. The van der Waals surface area contributed by atoms with Gasteiger partial charge in [-0.3, -0.25) is 0 Å². The number of hydrogen-bond acceptors (Lipinski definition) is 5. The molecule has 0 radical (unpaired) electrons. The van der Waals surface area contributed by atoms with Gasteiger partial charge in [0.25, 0.3) is 0 Å². The summed E-state index contributed by atoms with van der Waals surface area (Å²) in [5.74, 6) is -0.443. The van der Waals surface area contributed by atoms with E-state index in [4.69, 9.17) is 0 Å². The maximum absolute atomic E-state index is 13.4. The molecule has 2 atom stereocenters. The van der Waals surface area contributed by atoms with E-state index < -0.39 is 15.8 Å². The van der Waals surface area contributed by atoms with Crippen LogP contribution in [0.1, 0.15) is 17.2 Å². The van der Waals surface area contributed by atoms with Crippen molar-refractivity contribution in [3.63, 3.8) is 0 Å². The van der Waals surface area contributed by atoms with Crippen LogP contribution in [0.25, 0.3) is 0 Å². The van der Waals surface area contributed by atoms with Gasteiger partial charge in [-0.1, -0.05) is 5.21 Å². The van der Waals surface area contributed by atoms with Gasteiger partial charge in [-0.05, 0) is 37.1 Å². The van der Waals surface area contributed by atoms with Crippen LogP contribution in [-0.2, 0) is 10.0 Å². The van der Waals surface area contributed by atoms with Crippen LogP contribution in [0.4, 0.5) is 4.39 Å². The molecule has 7 nitrogen and oxygen atoms in total. The van der Waals surface area contributed by atoms with Gasteiger partial charge in [0.15, 0.2) is 0 Å². The molecule has 1 aliphatic heterocycles. The van der Waals surface area contributed by atoms with Gasteiger partial charge in [-0.2, -0.15) is 0 Å². The Morgan fingerprint density at radius 1 is 1.29 bits per heavy atom. The molecule has 10 heteroatoms. The molecule has 24 heavy (non-hydrogen) atoms. The third-order valence-electron chi connectivity index (χ3n) is 3.96. The molecule has 1 aliphatic rings. The van der Waals surface area contributed by atoms with Gasteiger partial charge >= 0.3 is 0 Å². The second-order valence-electron chi connectivity index (χ2n) is 5.71. The van der Waals surface area contributed by atoms with E-state index in [0.29, 0.717) is 24.2 Å². The van der Waals surface area contributed by atoms with E-state index in [1.807, 2.05) is 0 Å². The Kier molecular flexibility index (Phi) is 5.59. The number of halogens is 2. The zero-order chi connectivity index (χ0) is 16.6. The van der Waals surface area contributed by atoms with Crippen LogP contribution in [0.5, 0.6) is 0 Å². The lowest BCUT2D eigenvalue weighted by Gasteiger charge is -2.21. The van der Waals surface area contributed by atoms with Crippen LogP contribution in [0, 0.1) is 19.7 Å². The normalized spacial score (nSPS) is 20.8. The van der Waals surface area contributed by atoms with Gasteiger partial charge in [0.1, 0.15) is 5.82 Å². The Morgan fingerprint density at radius 2 is 1.96 bits per heavy atom. The summed E-state index contributed by atoms with van der Waals surface area (Å²) in [6.45, 7) is 4.26. The zero-order valence-electron chi connectivity index (χ0n) is 13.2. The van der Waals surface area contributed by atoms with Crippen molar-refractivity contribution in [1.29, 1.82) is 0 Å². The molecular weight excluding hydrogens is 357 g/mol. The summed E-state index contributed by atoms with van der Waals surface area (Å²) >= 11 is 0. The number of nitrogens with one attached hydrogen (secondary N) is 2. The first-order chi connectivity index (χ1) is 10.9. The van der Waals surface area contributed by atoms with Crippen molar-refractivity contribution in [2.45, 2.75) is 30.8 Å². The van der Waals surface area contributed by atoms with Crippen LogP contribution in [0.15, 0.2) is 29.4 Å². The van der Waals surface area contributed by atoms with Gasteiger partial charge in [0.2, 0.25) is 10.0 Å². The number of rotatable bonds is 4. The highest BCUT2D eigenvalue weighted by molar-refractivity contribution is 7.89. The Hall–Kier alpha value is -1.55.